The number of carbonyl (C=O) groups excluding carboxylic acids is 1. The van der Waals surface area contributed by atoms with Gasteiger partial charge in [0.15, 0.2) is 0 Å². The van der Waals surface area contributed by atoms with Crippen molar-refractivity contribution in [3.05, 3.63) is 36.7 Å². The number of carbonyl (C=O) groups is 1. The minimum Gasteiger partial charge on any atom is -0.497 e. The number of hydrogen-bond acceptors (Lipinski definition) is 3. The number of rotatable bonds is 5. The van der Waals surface area contributed by atoms with Crippen molar-refractivity contribution >= 4 is 5.91 Å². The van der Waals surface area contributed by atoms with Crippen LogP contribution >= 0.6 is 0 Å². The summed E-state index contributed by atoms with van der Waals surface area (Å²) in [5.74, 6) is 0.582. The second-order valence-electron chi connectivity index (χ2n) is 4.39. The molecule has 17 heavy (non-hydrogen) atoms. The summed E-state index contributed by atoms with van der Waals surface area (Å²) in [5.41, 5.74) is 0.619. The molecule has 1 amide bonds. The van der Waals surface area contributed by atoms with E-state index < -0.39 is 0 Å². The Bertz CT molecular complexity index is 414. The Hall–Kier alpha value is -1.84. The summed E-state index contributed by atoms with van der Waals surface area (Å²) in [4.78, 5) is 15.4. The Labute approximate surface area is 102 Å². The lowest BCUT2D eigenvalue weighted by Crippen LogP contribution is -2.36. The van der Waals surface area contributed by atoms with E-state index in [9.17, 15) is 4.79 Å². The van der Waals surface area contributed by atoms with E-state index in [1.54, 1.807) is 19.4 Å². The molecule has 0 saturated carbocycles. The van der Waals surface area contributed by atoms with Crippen LogP contribution in [0.25, 0.3) is 0 Å². The number of nitrogens with one attached hydrogen (secondary N) is 1. The van der Waals surface area contributed by atoms with Gasteiger partial charge in [-0.15, -0.1) is 0 Å². The van der Waals surface area contributed by atoms with Crippen molar-refractivity contribution in [2.75, 3.05) is 13.7 Å². The van der Waals surface area contributed by atoms with E-state index in [1.807, 2.05) is 19.9 Å². The Morgan fingerprint density at radius 1 is 1.65 bits per heavy atom. The fourth-order valence-corrected chi connectivity index (χ4v) is 1.38. The maximum absolute atomic E-state index is 11.1. The van der Waals surface area contributed by atoms with Gasteiger partial charge in [-0.3, -0.25) is 9.78 Å². The first-order chi connectivity index (χ1) is 7.99. The molecule has 0 saturated heterocycles. The number of nitrogens with zero attached hydrogens (tertiary/aromatic N) is 1. The largest absolute Gasteiger partial charge is 0.497 e. The molecule has 0 aromatic carbocycles. The van der Waals surface area contributed by atoms with Crippen molar-refractivity contribution in [2.24, 2.45) is 0 Å². The topological polar surface area (TPSA) is 51.2 Å². The molecule has 92 valence electrons. The molecule has 0 atom stereocenters. The molecule has 4 nitrogen and oxygen atoms in total. The second-order valence-corrected chi connectivity index (χ2v) is 4.39. The van der Waals surface area contributed by atoms with Crippen LogP contribution in [0.4, 0.5) is 0 Å². The monoisotopic (exact) mass is 234 g/mol. The van der Waals surface area contributed by atoms with Crippen LogP contribution in [0.15, 0.2) is 31.0 Å². The van der Waals surface area contributed by atoms with Crippen molar-refractivity contribution in [1.82, 2.24) is 10.3 Å². The first-order valence-electron chi connectivity index (χ1n) is 5.40. The first kappa shape index (κ1) is 13.2. The highest BCUT2D eigenvalue weighted by atomic mass is 16.5. The Kier molecular flexibility index (Phi) is 4.26. The lowest BCUT2D eigenvalue weighted by molar-refractivity contribution is -0.116. The van der Waals surface area contributed by atoms with Gasteiger partial charge in [-0.05, 0) is 12.1 Å². The number of pyridine rings is 1. The SMILES string of the molecule is C=CC(=O)NCC(C)(C)c1cc(OC)ccn1. The Morgan fingerprint density at radius 3 is 2.94 bits per heavy atom. The molecule has 1 heterocycles. The zero-order valence-electron chi connectivity index (χ0n) is 10.5. The van der Waals surface area contributed by atoms with Gasteiger partial charge in [0.05, 0.1) is 12.8 Å². The number of aromatic nitrogens is 1. The van der Waals surface area contributed by atoms with Crippen molar-refractivity contribution in [2.45, 2.75) is 19.3 Å². The first-order valence-corrected chi connectivity index (χ1v) is 5.40. The van der Waals surface area contributed by atoms with E-state index in [0.717, 1.165) is 11.4 Å². The van der Waals surface area contributed by atoms with Gasteiger partial charge in [0.2, 0.25) is 5.91 Å². The number of ether oxygens (including phenoxy) is 1. The van der Waals surface area contributed by atoms with E-state index in [4.69, 9.17) is 4.74 Å². The molecule has 4 heteroatoms. The van der Waals surface area contributed by atoms with Gasteiger partial charge in [-0.2, -0.15) is 0 Å². The third kappa shape index (κ3) is 3.59. The summed E-state index contributed by atoms with van der Waals surface area (Å²) < 4.78 is 5.15. The van der Waals surface area contributed by atoms with Gasteiger partial charge in [0.25, 0.3) is 0 Å². The van der Waals surface area contributed by atoms with Crippen LogP contribution in [0.5, 0.6) is 5.75 Å². The molecule has 0 aliphatic carbocycles. The lowest BCUT2D eigenvalue weighted by atomic mass is 9.88. The molecule has 0 radical (unpaired) electrons. The summed E-state index contributed by atoms with van der Waals surface area (Å²) in [5, 5.41) is 2.77. The molecular weight excluding hydrogens is 216 g/mol. The molecule has 1 aromatic rings. The molecule has 0 fully saturated rings. The molecule has 1 rings (SSSR count). The van der Waals surface area contributed by atoms with Crippen LogP contribution < -0.4 is 10.1 Å². The standard InChI is InChI=1S/C13H18N2O2/c1-5-12(16)15-9-13(2,3)11-8-10(17-4)6-7-14-11/h5-8H,1,9H2,2-4H3,(H,15,16). The zero-order chi connectivity index (χ0) is 12.9. The molecule has 0 unspecified atom stereocenters. The van der Waals surface area contributed by atoms with Gasteiger partial charge in [0.1, 0.15) is 5.75 Å². The van der Waals surface area contributed by atoms with Crippen LogP contribution in [-0.4, -0.2) is 24.5 Å². The van der Waals surface area contributed by atoms with Crippen LogP contribution in [0.1, 0.15) is 19.5 Å². The lowest BCUT2D eigenvalue weighted by Gasteiger charge is -2.24. The van der Waals surface area contributed by atoms with E-state index >= 15 is 0 Å². The molecular formula is C13H18N2O2. The van der Waals surface area contributed by atoms with Crippen molar-refractivity contribution < 1.29 is 9.53 Å². The highest BCUT2D eigenvalue weighted by Crippen LogP contribution is 2.23. The Balaban J connectivity index is 2.80. The van der Waals surface area contributed by atoms with E-state index in [1.165, 1.54) is 6.08 Å². The quantitative estimate of drug-likeness (QED) is 0.788. The normalized spacial score (nSPS) is 10.8. The van der Waals surface area contributed by atoms with E-state index in [-0.39, 0.29) is 11.3 Å². The Morgan fingerprint density at radius 2 is 2.35 bits per heavy atom. The summed E-state index contributed by atoms with van der Waals surface area (Å²) in [6.07, 6.45) is 2.96. The maximum atomic E-state index is 11.1. The molecule has 0 aliphatic heterocycles. The van der Waals surface area contributed by atoms with Crippen LogP contribution in [0, 0.1) is 0 Å². The third-order valence-electron chi connectivity index (χ3n) is 2.55. The van der Waals surface area contributed by atoms with Crippen LogP contribution in [0.2, 0.25) is 0 Å². The van der Waals surface area contributed by atoms with Gasteiger partial charge in [-0.25, -0.2) is 0 Å². The molecule has 1 aromatic heterocycles. The zero-order valence-corrected chi connectivity index (χ0v) is 10.5. The second kappa shape index (κ2) is 5.48. The minimum absolute atomic E-state index is 0.180. The molecule has 0 spiro atoms. The van der Waals surface area contributed by atoms with Gasteiger partial charge in [-0.1, -0.05) is 20.4 Å². The predicted octanol–water partition coefficient (Wildman–Crippen LogP) is 1.67. The number of hydrogen-bond donors (Lipinski definition) is 1. The smallest absolute Gasteiger partial charge is 0.243 e. The van der Waals surface area contributed by atoms with Crippen LogP contribution in [0.3, 0.4) is 0 Å². The van der Waals surface area contributed by atoms with Crippen molar-refractivity contribution in [3.8, 4) is 5.75 Å². The summed E-state index contributed by atoms with van der Waals surface area (Å²) in [6, 6.07) is 3.67. The van der Waals surface area contributed by atoms with Gasteiger partial charge >= 0.3 is 0 Å². The van der Waals surface area contributed by atoms with Crippen molar-refractivity contribution in [1.29, 1.82) is 0 Å². The summed E-state index contributed by atoms with van der Waals surface area (Å²) in [6.45, 7) is 7.94. The summed E-state index contributed by atoms with van der Waals surface area (Å²) >= 11 is 0. The van der Waals surface area contributed by atoms with E-state index in [2.05, 4.69) is 16.9 Å². The maximum Gasteiger partial charge on any atom is 0.243 e. The fourth-order valence-electron chi connectivity index (χ4n) is 1.38. The predicted molar refractivity (Wildman–Crippen MR) is 67.0 cm³/mol. The molecule has 1 N–H and O–H groups in total. The average molecular weight is 234 g/mol. The van der Waals surface area contributed by atoms with E-state index in [0.29, 0.717) is 6.54 Å². The van der Waals surface area contributed by atoms with Crippen molar-refractivity contribution in [3.63, 3.8) is 0 Å². The molecule has 0 aliphatic rings. The van der Waals surface area contributed by atoms with Gasteiger partial charge < -0.3 is 10.1 Å². The minimum atomic E-state index is -0.257. The number of amides is 1. The highest BCUT2D eigenvalue weighted by Gasteiger charge is 2.23. The number of methoxy groups -OCH3 is 1. The van der Waals surface area contributed by atoms with Crippen LogP contribution in [-0.2, 0) is 10.2 Å². The molecule has 0 bridgehead atoms. The summed E-state index contributed by atoms with van der Waals surface area (Å²) in [7, 11) is 1.62. The van der Waals surface area contributed by atoms with Gasteiger partial charge in [0, 0.05) is 24.2 Å². The fraction of sp³-hybridized carbons (Fsp3) is 0.385. The average Bonchev–Trinajstić information content (AvgIpc) is 2.36. The third-order valence-corrected chi connectivity index (χ3v) is 2.55. The highest BCUT2D eigenvalue weighted by molar-refractivity contribution is 5.86.